The molecule has 1 atom stereocenters. The Bertz CT molecular complexity index is 606. The van der Waals surface area contributed by atoms with Gasteiger partial charge in [0.15, 0.2) is 6.04 Å². The Kier molecular flexibility index (Phi) is 2.33. The van der Waals surface area contributed by atoms with Gasteiger partial charge in [-0.25, -0.2) is 4.79 Å². The third kappa shape index (κ3) is 1.73. The number of hydrogen-bond acceptors (Lipinski definition) is 4. The van der Waals surface area contributed by atoms with Gasteiger partial charge in [0, 0.05) is 18.0 Å². The van der Waals surface area contributed by atoms with E-state index in [1.165, 1.54) is 0 Å². The first kappa shape index (κ1) is 10.5. The number of rotatable bonds is 2. The van der Waals surface area contributed by atoms with Crippen molar-refractivity contribution in [3.63, 3.8) is 0 Å². The van der Waals surface area contributed by atoms with Crippen LogP contribution in [0.5, 0.6) is 0 Å². The summed E-state index contributed by atoms with van der Waals surface area (Å²) in [5.74, 6) is 0.594. The highest BCUT2D eigenvalue weighted by atomic mass is 16.3. The largest absolute Gasteiger partial charge is 0.458 e. The third-order valence-electron chi connectivity index (χ3n) is 2.63. The van der Waals surface area contributed by atoms with Crippen molar-refractivity contribution in [1.29, 1.82) is 0 Å². The zero-order valence-corrected chi connectivity index (χ0v) is 9.21. The Labute approximate surface area is 102 Å². The van der Waals surface area contributed by atoms with Crippen molar-refractivity contribution >= 4 is 11.9 Å². The maximum absolute atomic E-state index is 11.5. The average Bonchev–Trinajstić information content (AvgIpc) is 2.97. The van der Waals surface area contributed by atoms with Gasteiger partial charge in [0.05, 0.1) is 0 Å². The number of nitrogens with one attached hydrogen (secondary N) is 2. The minimum absolute atomic E-state index is 0.400. The fraction of sp³-hybridized carbons (Fsp3) is 0.0833. The number of carbonyl (C=O) groups is 2. The van der Waals surface area contributed by atoms with Gasteiger partial charge in [0.25, 0.3) is 5.91 Å². The molecule has 0 spiro atoms. The molecule has 0 saturated carbocycles. The van der Waals surface area contributed by atoms with Crippen LogP contribution in [0, 0.1) is 0 Å². The average molecular weight is 243 g/mol. The summed E-state index contributed by atoms with van der Waals surface area (Å²) in [4.78, 5) is 26.5. The summed E-state index contributed by atoms with van der Waals surface area (Å²) in [6, 6.07) is 5.78. The van der Waals surface area contributed by atoms with Gasteiger partial charge in [-0.1, -0.05) is 0 Å². The summed E-state index contributed by atoms with van der Waals surface area (Å²) >= 11 is 0. The summed E-state index contributed by atoms with van der Waals surface area (Å²) in [6.07, 6.45) is 3.33. The standard InChI is InChI=1S/C12H9N3O3/c16-11-10(14-12(17)15-11)9-4-3-8(18-9)7-2-1-5-13-6-7/h1-6,10H,(H2,14,15,16,17)/t10-/m0/s1. The highest BCUT2D eigenvalue weighted by Gasteiger charge is 2.33. The van der Waals surface area contributed by atoms with E-state index in [0.29, 0.717) is 11.5 Å². The first-order chi connectivity index (χ1) is 8.74. The lowest BCUT2D eigenvalue weighted by atomic mass is 10.2. The van der Waals surface area contributed by atoms with Crippen LogP contribution in [0.25, 0.3) is 11.3 Å². The number of furan rings is 1. The molecule has 0 aromatic carbocycles. The number of urea groups is 1. The van der Waals surface area contributed by atoms with Crippen LogP contribution in [0.1, 0.15) is 11.8 Å². The number of aromatic nitrogens is 1. The second-order valence-corrected chi connectivity index (χ2v) is 3.84. The van der Waals surface area contributed by atoms with E-state index >= 15 is 0 Å². The minimum Gasteiger partial charge on any atom is -0.458 e. The van der Waals surface area contributed by atoms with Gasteiger partial charge in [-0.05, 0) is 24.3 Å². The highest BCUT2D eigenvalue weighted by molar-refractivity contribution is 6.04. The Morgan fingerprint density at radius 2 is 2.11 bits per heavy atom. The lowest BCUT2D eigenvalue weighted by molar-refractivity contribution is -0.120. The zero-order valence-electron chi connectivity index (χ0n) is 9.21. The summed E-state index contributed by atoms with van der Waals surface area (Å²) in [5, 5.41) is 4.63. The van der Waals surface area contributed by atoms with Gasteiger partial charge >= 0.3 is 6.03 Å². The Balaban J connectivity index is 1.91. The molecule has 3 rings (SSSR count). The molecule has 0 aliphatic carbocycles. The van der Waals surface area contributed by atoms with Crippen LogP contribution in [-0.2, 0) is 4.79 Å². The fourth-order valence-corrected chi connectivity index (χ4v) is 1.79. The van der Waals surface area contributed by atoms with Crippen LogP contribution in [0.3, 0.4) is 0 Å². The summed E-state index contributed by atoms with van der Waals surface area (Å²) < 4.78 is 5.56. The fourth-order valence-electron chi connectivity index (χ4n) is 1.79. The summed E-state index contributed by atoms with van der Waals surface area (Å²) in [6.45, 7) is 0. The van der Waals surface area contributed by atoms with Crippen LogP contribution < -0.4 is 10.6 Å². The van der Waals surface area contributed by atoms with Gasteiger partial charge in [0.1, 0.15) is 11.5 Å². The van der Waals surface area contributed by atoms with Gasteiger partial charge in [0.2, 0.25) is 0 Å². The molecule has 2 N–H and O–H groups in total. The van der Waals surface area contributed by atoms with Gasteiger partial charge < -0.3 is 9.73 Å². The molecule has 0 bridgehead atoms. The SMILES string of the molecule is O=C1NC(=O)[C@H](c2ccc(-c3cccnc3)o2)N1. The molecule has 1 aliphatic rings. The van der Waals surface area contributed by atoms with Crippen LogP contribution in [0.2, 0.25) is 0 Å². The van der Waals surface area contributed by atoms with Crippen molar-refractivity contribution in [3.05, 3.63) is 42.4 Å². The molecule has 3 amide bonds. The van der Waals surface area contributed by atoms with Crippen molar-refractivity contribution < 1.29 is 14.0 Å². The topological polar surface area (TPSA) is 84.2 Å². The van der Waals surface area contributed by atoms with E-state index in [1.807, 2.05) is 6.07 Å². The first-order valence-corrected chi connectivity index (χ1v) is 5.35. The molecule has 1 fully saturated rings. The van der Waals surface area contributed by atoms with Crippen LogP contribution in [0.4, 0.5) is 4.79 Å². The molecule has 6 heteroatoms. The molecule has 2 aromatic heterocycles. The van der Waals surface area contributed by atoms with E-state index in [9.17, 15) is 9.59 Å². The van der Waals surface area contributed by atoms with E-state index in [0.717, 1.165) is 5.56 Å². The molecule has 1 aliphatic heterocycles. The van der Waals surface area contributed by atoms with Crippen molar-refractivity contribution in [2.75, 3.05) is 0 Å². The number of pyridine rings is 1. The number of hydrogen-bond donors (Lipinski definition) is 2. The predicted octanol–water partition coefficient (Wildman–Crippen LogP) is 1.22. The van der Waals surface area contributed by atoms with Gasteiger partial charge in [-0.3, -0.25) is 15.1 Å². The quantitative estimate of drug-likeness (QED) is 0.777. The van der Waals surface area contributed by atoms with Crippen LogP contribution >= 0.6 is 0 Å². The van der Waals surface area contributed by atoms with E-state index in [4.69, 9.17) is 4.42 Å². The van der Waals surface area contributed by atoms with Gasteiger partial charge in [-0.2, -0.15) is 0 Å². The molecular weight excluding hydrogens is 234 g/mol. The predicted molar refractivity (Wildman–Crippen MR) is 61.4 cm³/mol. The Morgan fingerprint density at radius 1 is 1.22 bits per heavy atom. The monoisotopic (exact) mass is 243 g/mol. The number of imide groups is 1. The van der Waals surface area contributed by atoms with E-state index in [1.54, 1.807) is 30.6 Å². The van der Waals surface area contributed by atoms with Gasteiger partial charge in [-0.15, -0.1) is 0 Å². The van der Waals surface area contributed by atoms with Crippen molar-refractivity contribution in [2.45, 2.75) is 6.04 Å². The molecule has 90 valence electrons. The highest BCUT2D eigenvalue weighted by Crippen LogP contribution is 2.25. The molecule has 6 nitrogen and oxygen atoms in total. The molecular formula is C12H9N3O3. The molecule has 3 heterocycles. The second kappa shape index (κ2) is 3.99. The summed E-state index contributed by atoms with van der Waals surface area (Å²) in [7, 11) is 0. The first-order valence-electron chi connectivity index (χ1n) is 5.35. The van der Waals surface area contributed by atoms with Crippen LogP contribution in [-0.4, -0.2) is 16.9 Å². The molecule has 18 heavy (non-hydrogen) atoms. The Hall–Kier alpha value is -2.63. The van der Waals surface area contributed by atoms with Crippen molar-refractivity contribution in [2.24, 2.45) is 0 Å². The molecule has 0 radical (unpaired) electrons. The van der Waals surface area contributed by atoms with E-state index in [2.05, 4.69) is 15.6 Å². The Morgan fingerprint density at radius 3 is 2.78 bits per heavy atom. The summed E-state index contributed by atoms with van der Waals surface area (Å²) in [5.41, 5.74) is 0.813. The van der Waals surface area contributed by atoms with E-state index in [-0.39, 0.29) is 0 Å². The third-order valence-corrected chi connectivity index (χ3v) is 2.63. The number of amides is 3. The smallest absolute Gasteiger partial charge is 0.322 e. The normalized spacial score (nSPS) is 18.6. The lowest BCUT2D eigenvalue weighted by Gasteiger charge is -2.02. The maximum atomic E-state index is 11.5. The van der Waals surface area contributed by atoms with E-state index < -0.39 is 18.0 Å². The maximum Gasteiger partial charge on any atom is 0.322 e. The molecule has 0 unspecified atom stereocenters. The molecule has 1 saturated heterocycles. The molecule has 2 aromatic rings. The van der Waals surface area contributed by atoms with Crippen molar-refractivity contribution in [3.8, 4) is 11.3 Å². The lowest BCUT2D eigenvalue weighted by Crippen LogP contribution is -2.22. The second-order valence-electron chi connectivity index (χ2n) is 3.84. The van der Waals surface area contributed by atoms with Crippen LogP contribution in [0.15, 0.2) is 41.1 Å². The minimum atomic E-state index is -0.761. The van der Waals surface area contributed by atoms with Crippen molar-refractivity contribution in [1.82, 2.24) is 15.6 Å². The number of nitrogens with zero attached hydrogens (tertiary/aromatic N) is 1. The zero-order chi connectivity index (χ0) is 12.5. The number of carbonyl (C=O) groups excluding carboxylic acids is 2.